The van der Waals surface area contributed by atoms with Crippen LogP contribution in [0.25, 0.3) is 10.9 Å². The summed E-state index contributed by atoms with van der Waals surface area (Å²) in [5.41, 5.74) is 14.3. The van der Waals surface area contributed by atoms with Crippen molar-refractivity contribution in [3.8, 4) is 5.75 Å². The third kappa shape index (κ3) is 28.8. The number of para-hydroxylation sites is 1. The molecule has 658 valence electrons. The highest BCUT2D eigenvalue weighted by Gasteiger charge is 2.43. The number of nitrogens with one attached hydrogen (secondary N) is 14. The van der Waals surface area contributed by atoms with Crippen LogP contribution in [0.1, 0.15) is 122 Å². The normalized spacial score (nSPS) is 17.1. The highest BCUT2D eigenvalue weighted by Crippen LogP contribution is 2.25. The van der Waals surface area contributed by atoms with Crippen LogP contribution in [-0.4, -0.2) is 257 Å². The number of aromatic nitrogens is 3. The van der Waals surface area contributed by atoms with Gasteiger partial charge in [0.25, 0.3) is 0 Å². The van der Waals surface area contributed by atoms with Gasteiger partial charge < -0.3 is 110 Å². The first-order valence-electron chi connectivity index (χ1n) is 40.2. The zero-order valence-electron chi connectivity index (χ0n) is 68.5. The van der Waals surface area contributed by atoms with Crippen LogP contribution < -0.4 is 75.3 Å². The lowest BCUT2D eigenvalue weighted by Crippen LogP contribution is -2.61. The number of carbonyl (C=O) groups excluding carboxylic acids is 15. The molecule has 40 heteroatoms. The van der Waals surface area contributed by atoms with Crippen molar-refractivity contribution in [1.29, 1.82) is 0 Å². The molecular formula is C81H113N19O19S2. The number of primary amides is 1. The van der Waals surface area contributed by atoms with E-state index in [4.69, 9.17) is 11.5 Å². The van der Waals surface area contributed by atoms with E-state index in [2.05, 4.69) is 104 Å². The molecule has 4 heterocycles. The molecule has 0 aliphatic carbocycles. The predicted molar refractivity (Wildman–Crippen MR) is 448 cm³/mol. The van der Waals surface area contributed by atoms with E-state index in [0.29, 0.717) is 46.1 Å². The number of H-pyrrole nitrogens is 2. The molecule has 2 fully saturated rings. The lowest BCUT2D eigenvalue weighted by Gasteiger charge is -2.31. The first kappa shape index (κ1) is 96.5. The molecule has 0 spiro atoms. The molecular weight excluding hydrogens is 1610 g/mol. The molecule has 15 atom stereocenters. The van der Waals surface area contributed by atoms with Gasteiger partial charge in [-0.25, -0.2) is 9.78 Å². The van der Waals surface area contributed by atoms with Crippen molar-refractivity contribution in [3.05, 3.63) is 120 Å². The van der Waals surface area contributed by atoms with Gasteiger partial charge >= 0.3 is 5.97 Å². The molecule has 21 N–H and O–H groups in total. The van der Waals surface area contributed by atoms with Gasteiger partial charge in [-0.3, -0.25) is 71.9 Å². The molecule has 2 aromatic heterocycles. The summed E-state index contributed by atoms with van der Waals surface area (Å²) in [6.07, 6.45) is 4.42. The number of likely N-dealkylation sites (tertiary alicyclic amines) is 2. The number of carbonyl (C=O) groups is 16. The Kier molecular flexibility index (Phi) is 37.3. The highest BCUT2D eigenvalue weighted by molar-refractivity contribution is 7.80. The number of hydrogen-bond donors (Lipinski definition) is 21. The molecule has 3 aromatic carbocycles. The molecule has 2 aliphatic rings. The average molecular weight is 1720 g/mol. The monoisotopic (exact) mass is 1720 g/mol. The summed E-state index contributed by atoms with van der Waals surface area (Å²) in [4.78, 5) is 235. The van der Waals surface area contributed by atoms with Gasteiger partial charge in [0.05, 0.1) is 31.9 Å². The molecule has 15 amide bonds. The minimum absolute atomic E-state index is 0.0155. The minimum Gasteiger partial charge on any atom is -0.508 e. The minimum atomic E-state index is -1.67. The van der Waals surface area contributed by atoms with Gasteiger partial charge in [0.15, 0.2) is 0 Å². The number of aliphatic hydroxyl groups excluding tert-OH is 1. The molecule has 38 nitrogen and oxygen atoms in total. The molecule has 0 unspecified atom stereocenters. The maximum atomic E-state index is 14.9. The van der Waals surface area contributed by atoms with Gasteiger partial charge in [0, 0.05) is 79.3 Å². The number of fused-ring (bicyclic) bond motifs is 1. The number of aromatic hydroxyl groups is 1. The number of carboxylic acid groups (broad SMARTS) is 1. The molecule has 0 bridgehead atoms. The fraction of sp³-hybridized carbons (Fsp3) is 0.519. The van der Waals surface area contributed by atoms with Gasteiger partial charge in [0.2, 0.25) is 88.6 Å². The molecule has 0 radical (unpaired) electrons. The molecule has 121 heavy (non-hydrogen) atoms. The van der Waals surface area contributed by atoms with Gasteiger partial charge in [-0.2, -0.15) is 25.3 Å². The zero-order valence-corrected chi connectivity index (χ0v) is 70.3. The van der Waals surface area contributed by atoms with Crippen LogP contribution in [-0.2, 0) is 102 Å². The second kappa shape index (κ2) is 46.8. The maximum absolute atomic E-state index is 14.9. The Morgan fingerprint density at radius 3 is 1.63 bits per heavy atom. The number of amides is 15. The van der Waals surface area contributed by atoms with Crippen LogP contribution in [0, 0.1) is 17.8 Å². The Morgan fingerprint density at radius 1 is 0.529 bits per heavy atom. The molecule has 2 aliphatic heterocycles. The van der Waals surface area contributed by atoms with Crippen LogP contribution >= 0.6 is 25.3 Å². The Labute approximate surface area is 710 Å². The highest BCUT2D eigenvalue weighted by atomic mass is 32.1. The Morgan fingerprint density at radius 2 is 1.03 bits per heavy atom. The van der Waals surface area contributed by atoms with Gasteiger partial charge in [-0.1, -0.05) is 109 Å². The van der Waals surface area contributed by atoms with Crippen molar-refractivity contribution in [1.82, 2.24) is 88.6 Å². The first-order chi connectivity index (χ1) is 57.5. The van der Waals surface area contributed by atoms with E-state index < -0.39 is 205 Å². The molecule has 2 saturated heterocycles. The SMILES string of the molecule is CC[C@H](C)[C@H](NC(=O)[C@H](Cc1ccc(O)cc1)NC(=O)[C@@H]1CCCN1C(=O)[C@H](CS)NC(=O)[C@@H]1CCCN1C(=O)CNC(=O)[C@H](CC(C)C)NC(=O)[C@H](CS)NC(=O)[C@H](Cc1ccccc1)NC(=O)[C@H](CC(N)=O)NC(=O)[C@H](C)NC(=O)[C@@H](N)Cc1cnc[nH]1)C(=O)N[C@@H](Cc1c[nH]c2ccccc12)C(=O)N[C@@H](CO)C(=O)N[C@@H](CC(C)C)C(=O)O. The van der Waals surface area contributed by atoms with Crippen molar-refractivity contribution >= 4 is 131 Å². The number of nitrogens with zero attached hydrogens (tertiary/aromatic N) is 3. The fourth-order valence-corrected chi connectivity index (χ4v) is 14.5. The summed E-state index contributed by atoms with van der Waals surface area (Å²) in [6.45, 7) is 10.2. The number of aromatic amines is 2. The quantitative estimate of drug-likeness (QED) is 0.0181. The predicted octanol–water partition coefficient (Wildman–Crippen LogP) is -2.40. The van der Waals surface area contributed by atoms with E-state index in [1.165, 1.54) is 53.5 Å². The van der Waals surface area contributed by atoms with Gasteiger partial charge in [0.1, 0.15) is 84.3 Å². The summed E-state index contributed by atoms with van der Waals surface area (Å²) in [7, 11) is 0. The number of phenols is 1. The number of thiol groups is 2. The maximum Gasteiger partial charge on any atom is 0.326 e. The van der Waals surface area contributed by atoms with Crippen molar-refractivity contribution in [2.24, 2.45) is 29.2 Å². The van der Waals surface area contributed by atoms with E-state index in [9.17, 15) is 92.0 Å². The van der Waals surface area contributed by atoms with Crippen molar-refractivity contribution in [2.75, 3.05) is 37.7 Å². The topological polar surface area (TPSA) is 581 Å². The Hall–Kier alpha value is -11.7. The van der Waals surface area contributed by atoms with E-state index in [-0.39, 0.29) is 100.0 Å². The zero-order chi connectivity index (χ0) is 88.9. The number of aliphatic hydroxyl groups is 1. The Balaban J connectivity index is 0.985. The molecule has 5 aromatic rings. The number of phenolic OH excluding ortho intramolecular Hbond substituents is 1. The van der Waals surface area contributed by atoms with E-state index >= 15 is 0 Å². The summed E-state index contributed by atoms with van der Waals surface area (Å²) >= 11 is 8.75. The second-order valence-electron chi connectivity index (χ2n) is 31.1. The Bertz CT molecular complexity index is 4440. The van der Waals surface area contributed by atoms with Crippen LogP contribution in [0.15, 0.2) is 97.6 Å². The number of benzene rings is 3. The standard InChI is InChI=1S/C81H113N19O19S2/c1-8-44(6)67(79(116)93-57(32-48-35-85-53-19-13-12-18-51(48)53)72(109)95-60(38-101)75(112)94-59(81(118)119)29-43(4)5)98-74(111)56(31-47-22-24-50(102)25-23-47)92-78(115)64-21-15-27-100(64)80(117)62(40-121)97-77(114)63-20-14-26-99(63)66(104)37-86-70(107)54(28-42(2)3)90-76(113)61(39-120)96-71(108)55(30-46-16-10-9-11-17-46)91-73(110)58(34-65(83)103)89-68(105)45(7)88-69(106)52(82)33-49-36-84-41-87-49/h9-13,16-19,22-25,35-36,41-45,52,54-64,67,85,101-102,120-121H,8,14-15,20-21,26-34,37-40,82H2,1-7H3,(H2,83,103)(H,84,87)(H,86,107)(H,88,106)(H,89,105)(H,90,113)(H,91,110)(H,92,115)(H,93,116)(H,94,112)(H,95,109)(H,96,108)(H,97,114)(H,98,111)(H,118,119)/t44-,45-,52-,54-,55-,56-,57-,58-,59-,60-,61-,62-,63-,64-,67-/m0/s1. The number of hydrogen-bond acceptors (Lipinski definition) is 22. The largest absolute Gasteiger partial charge is 0.508 e. The number of nitrogens with two attached hydrogens (primary N) is 2. The number of aliphatic carboxylic acids is 1. The fourth-order valence-electron chi connectivity index (χ4n) is 14.0. The van der Waals surface area contributed by atoms with Crippen molar-refractivity contribution in [3.63, 3.8) is 0 Å². The third-order valence-electron chi connectivity index (χ3n) is 20.8. The van der Waals surface area contributed by atoms with E-state index in [1.807, 2.05) is 0 Å². The second-order valence-corrected chi connectivity index (χ2v) is 31.9. The summed E-state index contributed by atoms with van der Waals surface area (Å²) in [5.74, 6) is -16.1. The van der Waals surface area contributed by atoms with Crippen LogP contribution in [0.2, 0.25) is 0 Å². The number of rotatable bonds is 46. The van der Waals surface area contributed by atoms with Gasteiger partial charge in [-0.15, -0.1) is 0 Å². The summed E-state index contributed by atoms with van der Waals surface area (Å²) < 4.78 is 0. The van der Waals surface area contributed by atoms with Crippen molar-refractivity contribution in [2.45, 2.75) is 210 Å². The molecule has 0 saturated carbocycles. The van der Waals surface area contributed by atoms with Crippen molar-refractivity contribution < 1.29 is 92.0 Å². The van der Waals surface area contributed by atoms with Crippen LogP contribution in [0.4, 0.5) is 0 Å². The first-order valence-corrected chi connectivity index (χ1v) is 41.4. The average Bonchev–Trinajstić information content (AvgIpc) is 1.73. The summed E-state index contributed by atoms with van der Waals surface area (Å²) in [6, 6.07) is 1.75. The van der Waals surface area contributed by atoms with E-state index in [0.717, 1.165) is 0 Å². The number of carboxylic acids is 1. The molecule has 7 rings (SSSR count). The lowest BCUT2D eigenvalue weighted by molar-refractivity contribution is -0.143. The van der Waals surface area contributed by atoms with Crippen LogP contribution in [0.3, 0.4) is 0 Å². The third-order valence-corrected chi connectivity index (χ3v) is 21.5. The van der Waals surface area contributed by atoms with E-state index in [1.54, 1.807) is 102 Å². The number of imidazole rings is 1. The van der Waals surface area contributed by atoms with Gasteiger partial charge in [-0.05, 0) is 98.1 Å². The lowest BCUT2D eigenvalue weighted by atomic mass is 9.96. The smallest absolute Gasteiger partial charge is 0.326 e. The van der Waals surface area contributed by atoms with Crippen LogP contribution in [0.5, 0.6) is 5.75 Å². The summed E-state index contributed by atoms with van der Waals surface area (Å²) in [5, 5.41) is 62.1.